The van der Waals surface area contributed by atoms with Crippen molar-refractivity contribution in [2.75, 3.05) is 0 Å². The van der Waals surface area contributed by atoms with Crippen molar-refractivity contribution >= 4 is 11.9 Å². The highest BCUT2D eigenvalue weighted by Crippen LogP contribution is 2.31. The van der Waals surface area contributed by atoms with Crippen molar-refractivity contribution < 1.29 is 28.6 Å². The Morgan fingerprint density at radius 1 is 0.731 bits per heavy atom. The highest BCUT2D eigenvalue weighted by atomic mass is 19.1. The molecule has 130 valence electrons. The van der Waals surface area contributed by atoms with E-state index in [2.05, 4.69) is 9.97 Å². The molecule has 1 aromatic heterocycles. The number of carboxylic acids is 2. The molecule has 0 saturated carbocycles. The molecule has 26 heavy (non-hydrogen) atoms. The second kappa shape index (κ2) is 6.67. The van der Waals surface area contributed by atoms with Gasteiger partial charge in [-0.15, -0.1) is 0 Å². The number of aromatic carboxylic acids is 2. The molecule has 8 heteroatoms. The standard InChI is InChI=1S/C18H10F2N2O4/c19-11-5-1-3-9(7-11)13-14(10-4-2-6-12(20)8-10)22-16(18(25)26)15(21-13)17(23)24/h1-8H,(H,23,24)(H,25,26). The summed E-state index contributed by atoms with van der Waals surface area (Å²) in [5.41, 5.74) is -1.38. The van der Waals surface area contributed by atoms with Gasteiger partial charge in [0.05, 0.1) is 11.4 Å². The fourth-order valence-corrected chi connectivity index (χ4v) is 2.41. The molecule has 0 aliphatic rings. The topological polar surface area (TPSA) is 100 Å². The first-order chi connectivity index (χ1) is 12.4. The van der Waals surface area contributed by atoms with Gasteiger partial charge in [-0.2, -0.15) is 0 Å². The average molecular weight is 356 g/mol. The van der Waals surface area contributed by atoms with E-state index in [0.717, 1.165) is 12.1 Å². The van der Waals surface area contributed by atoms with Gasteiger partial charge < -0.3 is 10.2 Å². The largest absolute Gasteiger partial charge is 0.476 e. The zero-order valence-electron chi connectivity index (χ0n) is 13.0. The number of nitrogens with zero attached hydrogens (tertiary/aromatic N) is 2. The Kier molecular flexibility index (Phi) is 4.40. The van der Waals surface area contributed by atoms with Gasteiger partial charge in [-0.3, -0.25) is 0 Å². The Morgan fingerprint density at radius 3 is 1.42 bits per heavy atom. The third-order valence-electron chi connectivity index (χ3n) is 3.50. The first kappa shape index (κ1) is 17.2. The molecule has 0 amide bonds. The summed E-state index contributed by atoms with van der Waals surface area (Å²) in [7, 11) is 0. The van der Waals surface area contributed by atoms with Gasteiger partial charge in [0, 0.05) is 11.1 Å². The molecule has 1 heterocycles. The molecule has 0 unspecified atom stereocenters. The quantitative estimate of drug-likeness (QED) is 0.742. The summed E-state index contributed by atoms with van der Waals surface area (Å²) in [6.07, 6.45) is 0. The minimum absolute atomic E-state index is 0.0718. The second-order valence-electron chi connectivity index (χ2n) is 5.25. The SMILES string of the molecule is O=C(O)c1nc(-c2cccc(F)c2)c(-c2cccc(F)c2)nc1C(=O)O. The normalized spacial score (nSPS) is 10.5. The summed E-state index contributed by atoms with van der Waals surface area (Å²) in [6.45, 7) is 0. The number of carbonyl (C=O) groups is 2. The molecule has 0 saturated heterocycles. The monoisotopic (exact) mass is 356 g/mol. The number of aromatic nitrogens is 2. The number of halogens is 2. The van der Waals surface area contributed by atoms with Crippen LogP contribution in [0.15, 0.2) is 48.5 Å². The first-order valence-corrected chi connectivity index (χ1v) is 7.27. The van der Waals surface area contributed by atoms with E-state index in [1.54, 1.807) is 0 Å². The van der Waals surface area contributed by atoms with E-state index in [0.29, 0.717) is 0 Å². The van der Waals surface area contributed by atoms with Crippen LogP contribution in [0.3, 0.4) is 0 Å². The summed E-state index contributed by atoms with van der Waals surface area (Å²) >= 11 is 0. The maximum Gasteiger partial charge on any atom is 0.357 e. The van der Waals surface area contributed by atoms with Crippen LogP contribution in [0.1, 0.15) is 21.0 Å². The molecular formula is C18H10F2N2O4. The fourth-order valence-electron chi connectivity index (χ4n) is 2.41. The van der Waals surface area contributed by atoms with Gasteiger partial charge in [0.1, 0.15) is 11.6 Å². The average Bonchev–Trinajstić information content (AvgIpc) is 2.60. The lowest BCUT2D eigenvalue weighted by Gasteiger charge is -2.12. The zero-order valence-corrected chi connectivity index (χ0v) is 13.0. The van der Waals surface area contributed by atoms with Gasteiger partial charge in [-0.1, -0.05) is 24.3 Å². The van der Waals surface area contributed by atoms with E-state index < -0.39 is 35.0 Å². The van der Waals surface area contributed by atoms with E-state index >= 15 is 0 Å². The molecule has 0 aliphatic carbocycles. The van der Waals surface area contributed by atoms with Crippen LogP contribution in [-0.2, 0) is 0 Å². The van der Waals surface area contributed by atoms with Gasteiger partial charge in [-0.25, -0.2) is 28.3 Å². The van der Waals surface area contributed by atoms with Crippen LogP contribution < -0.4 is 0 Å². The van der Waals surface area contributed by atoms with E-state index in [1.807, 2.05) is 0 Å². The number of benzene rings is 2. The summed E-state index contributed by atoms with van der Waals surface area (Å²) in [4.78, 5) is 30.5. The molecular weight excluding hydrogens is 346 g/mol. The number of hydrogen-bond acceptors (Lipinski definition) is 4. The number of carboxylic acid groups (broad SMARTS) is 2. The van der Waals surface area contributed by atoms with Crippen molar-refractivity contribution in [2.45, 2.75) is 0 Å². The highest BCUT2D eigenvalue weighted by molar-refractivity contribution is 6.00. The van der Waals surface area contributed by atoms with Gasteiger partial charge >= 0.3 is 11.9 Å². The van der Waals surface area contributed by atoms with E-state index in [9.17, 15) is 28.6 Å². The van der Waals surface area contributed by atoms with Crippen molar-refractivity contribution in [3.8, 4) is 22.5 Å². The first-order valence-electron chi connectivity index (χ1n) is 7.27. The Morgan fingerprint density at radius 2 is 1.12 bits per heavy atom. The van der Waals surface area contributed by atoms with Crippen LogP contribution in [-0.4, -0.2) is 32.1 Å². The Bertz CT molecular complexity index is 955. The number of hydrogen-bond donors (Lipinski definition) is 2. The highest BCUT2D eigenvalue weighted by Gasteiger charge is 2.25. The van der Waals surface area contributed by atoms with Crippen molar-refractivity contribution in [2.24, 2.45) is 0 Å². The van der Waals surface area contributed by atoms with E-state index in [1.165, 1.54) is 36.4 Å². The van der Waals surface area contributed by atoms with Crippen LogP contribution in [0, 0.1) is 11.6 Å². The lowest BCUT2D eigenvalue weighted by molar-refractivity contribution is 0.0641. The minimum Gasteiger partial charge on any atom is -0.476 e. The molecule has 0 aliphatic heterocycles. The lowest BCUT2D eigenvalue weighted by Crippen LogP contribution is -2.15. The summed E-state index contributed by atoms with van der Waals surface area (Å²) in [5.74, 6) is -4.40. The third-order valence-corrected chi connectivity index (χ3v) is 3.50. The third kappa shape index (κ3) is 3.25. The molecule has 0 spiro atoms. The van der Waals surface area contributed by atoms with Gasteiger partial charge in [-0.05, 0) is 24.3 Å². The molecule has 0 radical (unpaired) electrons. The maximum atomic E-state index is 13.6. The van der Waals surface area contributed by atoms with Crippen molar-refractivity contribution in [3.05, 3.63) is 71.6 Å². The smallest absolute Gasteiger partial charge is 0.357 e. The summed E-state index contributed by atoms with van der Waals surface area (Å²) in [6, 6.07) is 10.2. The molecule has 0 atom stereocenters. The predicted octanol–water partition coefficient (Wildman–Crippen LogP) is 3.49. The maximum absolute atomic E-state index is 13.6. The van der Waals surface area contributed by atoms with Crippen LogP contribution in [0.4, 0.5) is 8.78 Å². The van der Waals surface area contributed by atoms with Gasteiger partial charge in [0.2, 0.25) is 0 Å². The van der Waals surface area contributed by atoms with Crippen molar-refractivity contribution in [3.63, 3.8) is 0 Å². The summed E-state index contributed by atoms with van der Waals surface area (Å²) < 4.78 is 27.2. The molecule has 0 fully saturated rings. The van der Waals surface area contributed by atoms with E-state index in [4.69, 9.17) is 0 Å². The number of rotatable bonds is 4. The fraction of sp³-hybridized carbons (Fsp3) is 0. The summed E-state index contributed by atoms with van der Waals surface area (Å²) in [5, 5.41) is 18.5. The molecule has 2 aromatic carbocycles. The Balaban J connectivity index is 2.38. The zero-order chi connectivity index (χ0) is 18.8. The lowest BCUT2D eigenvalue weighted by atomic mass is 10.0. The van der Waals surface area contributed by atoms with Crippen molar-refractivity contribution in [1.82, 2.24) is 9.97 Å². The van der Waals surface area contributed by atoms with Crippen LogP contribution >= 0.6 is 0 Å². The van der Waals surface area contributed by atoms with Crippen LogP contribution in [0.5, 0.6) is 0 Å². The molecule has 6 nitrogen and oxygen atoms in total. The van der Waals surface area contributed by atoms with Crippen LogP contribution in [0.25, 0.3) is 22.5 Å². The Labute approximate surface area is 145 Å². The van der Waals surface area contributed by atoms with Crippen molar-refractivity contribution in [1.29, 1.82) is 0 Å². The van der Waals surface area contributed by atoms with E-state index in [-0.39, 0.29) is 22.5 Å². The van der Waals surface area contributed by atoms with Gasteiger partial charge in [0.15, 0.2) is 11.4 Å². The molecule has 2 N–H and O–H groups in total. The minimum atomic E-state index is -1.60. The predicted molar refractivity (Wildman–Crippen MR) is 86.7 cm³/mol. The molecule has 3 aromatic rings. The molecule has 0 bridgehead atoms. The second-order valence-corrected chi connectivity index (χ2v) is 5.25. The van der Waals surface area contributed by atoms with Crippen LogP contribution in [0.2, 0.25) is 0 Å². The van der Waals surface area contributed by atoms with Gasteiger partial charge in [0.25, 0.3) is 0 Å². The Hall–Kier alpha value is -3.68. The molecule has 3 rings (SSSR count).